The first-order valence-corrected chi connectivity index (χ1v) is 7.75. The molecule has 0 aliphatic heterocycles. The molecule has 126 valence electrons. The largest absolute Gasteiger partial charge is 0.423 e. The highest BCUT2D eigenvalue weighted by Crippen LogP contribution is 2.49. The van der Waals surface area contributed by atoms with Crippen molar-refractivity contribution in [3.05, 3.63) is 66.1 Å². The van der Waals surface area contributed by atoms with Gasteiger partial charge in [-0.1, -0.05) is 6.07 Å². The van der Waals surface area contributed by atoms with Gasteiger partial charge in [0.25, 0.3) is 0 Å². The fraction of sp³-hybridized carbons (Fsp3) is 0.167. The van der Waals surface area contributed by atoms with Crippen LogP contribution in [0.15, 0.2) is 53.3 Å². The van der Waals surface area contributed by atoms with Crippen LogP contribution < -0.4 is 5.32 Å². The van der Waals surface area contributed by atoms with Crippen molar-refractivity contribution in [1.29, 1.82) is 0 Å². The van der Waals surface area contributed by atoms with Crippen LogP contribution in [0, 0.1) is 17.6 Å². The van der Waals surface area contributed by atoms with E-state index in [-0.39, 0.29) is 11.5 Å². The number of hydrogen-bond acceptors (Lipinski definition) is 4. The third-order valence-electron chi connectivity index (χ3n) is 4.26. The Morgan fingerprint density at radius 2 is 1.84 bits per heavy atom. The van der Waals surface area contributed by atoms with Gasteiger partial charge in [0.1, 0.15) is 11.6 Å². The lowest BCUT2D eigenvalue weighted by Gasteiger charge is -2.07. The zero-order valence-electron chi connectivity index (χ0n) is 12.9. The quantitative estimate of drug-likeness (QED) is 0.785. The first kappa shape index (κ1) is 15.4. The van der Waals surface area contributed by atoms with Gasteiger partial charge in [0.05, 0.1) is 0 Å². The van der Waals surface area contributed by atoms with Gasteiger partial charge >= 0.3 is 0 Å². The molecule has 1 aromatic heterocycles. The van der Waals surface area contributed by atoms with Gasteiger partial charge in [-0.2, -0.15) is 0 Å². The molecule has 1 heterocycles. The third kappa shape index (κ3) is 3.00. The van der Waals surface area contributed by atoms with Crippen LogP contribution in [0.25, 0.3) is 11.5 Å². The third-order valence-corrected chi connectivity index (χ3v) is 4.26. The maximum Gasteiger partial charge on any atom is 0.247 e. The smallest absolute Gasteiger partial charge is 0.247 e. The molecule has 0 radical (unpaired) electrons. The summed E-state index contributed by atoms with van der Waals surface area (Å²) in [6, 6.07) is 10.6. The summed E-state index contributed by atoms with van der Waals surface area (Å²) in [4.78, 5) is 12.3. The van der Waals surface area contributed by atoms with Crippen LogP contribution in [0.1, 0.15) is 17.9 Å². The Hall–Kier alpha value is -3.09. The minimum absolute atomic E-state index is 0.00519. The summed E-state index contributed by atoms with van der Waals surface area (Å²) in [6.07, 6.45) is 1.67. The minimum Gasteiger partial charge on any atom is -0.423 e. The van der Waals surface area contributed by atoms with Gasteiger partial charge in [-0.15, -0.1) is 10.2 Å². The molecule has 3 aromatic rings. The topological polar surface area (TPSA) is 68.0 Å². The Labute approximate surface area is 141 Å². The Balaban J connectivity index is 1.43. The molecule has 0 unspecified atom stereocenters. The SMILES string of the molecule is O=C(Nc1ccc(-c2nnco2)cc1)[C@@H]1C[C@@H]1c1c(F)cccc1F. The Bertz CT molecular complexity index is 890. The van der Waals surface area contributed by atoms with Crippen LogP contribution in [0.4, 0.5) is 14.5 Å². The summed E-state index contributed by atoms with van der Waals surface area (Å²) >= 11 is 0. The van der Waals surface area contributed by atoms with E-state index in [1.807, 2.05) is 0 Å². The van der Waals surface area contributed by atoms with Crippen molar-refractivity contribution >= 4 is 11.6 Å². The summed E-state index contributed by atoms with van der Waals surface area (Å²) in [5.74, 6) is -1.93. The molecule has 2 aromatic carbocycles. The zero-order valence-corrected chi connectivity index (χ0v) is 12.9. The number of carbonyl (C=O) groups is 1. The van der Waals surface area contributed by atoms with Crippen molar-refractivity contribution in [2.24, 2.45) is 5.92 Å². The van der Waals surface area contributed by atoms with Gasteiger partial charge in [-0.05, 0) is 42.8 Å². The number of rotatable bonds is 4. The Morgan fingerprint density at radius 3 is 2.48 bits per heavy atom. The van der Waals surface area contributed by atoms with Crippen LogP contribution in [0.5, 0.6) is 0 Å². The van der Waals surface area contributed by atoms with E-state index < -0.39 is 23.5 Å². The fourth-order valence-corrected chi connectivity index (χ4v) is 2.90. The van der Waals surface area contributed by atoms with E-state index in [1.54, 1.807) is 24.3 Å². The van der Waals surface area contributed by atoms with Crippen LogP contribution in [0.2, 0.25) is 0 Å². The summed E-state index contributed by atoms with van der Waals surface area (Å²) in [6.45, 7) is 0. The molecule has 2 atom stereocenters. The Morgan fingerprint density at radius 1 is 1.12 bits per heavy atom. The van der Waals surface area contributed by atoms with Crippen molar-refractivity contribution in [2.45, 2.75) is 12.3 Å². The second-order valence-electron chi connectivity index (χ2n) is 5.89. The molecule has 1 aliphatic carbocycles. The first-order valence-electron chi connectivity index (χ1n) is 7.75. The van der Waals surface area contributed by atoms with Crippen LogP contribution in [0.3, 0.4) is 0 Å². The summed E-state index contributed by atoms with van der Waals surface area (Å²) in [5, 5.41) is 10.2. The number of nitrogens with zero attached hydrogens (tertiary/aromatic N) is 2. The monoisotopic (exact) mass is 341 g/mol. The zero-order chi connectivity index (χ0) is 17.4. The number of benzene rings is 2. The molecule has 25 heavy (non-hydrogen) atoms. The summed E-state index contributed by atoms with van der Waals surface area (Å²) in [5.41, 5.74) is 1.32. The van der Waals surface area contributed by atoms with E-state index in [0.29, 0.717) is 18.0 Å². The molecule has 1 N–H and O–H groups in total. The van der Waals surface area contributed by atoms with E-state index in [2.05, 4.69) is 15.5 Å². The average Bonchev–Trinajstić information content (AvgIpc) is 3.18. The van der Waals surface area contributed by atoms with Crippen molar-refractivity contribution in [2.75, 3.05) is 5.32 Å². The lowest BCUT2D eigenvalue weighted by molar-refractivity contribution is -0.117. The van der Waals surface area contributed by atoms with Gasteiger partial charge in [0, 0.05) is 28.7 Å². The molecule has 7 heteroatoms. The van der Waals surface area contributed by atoms with Gasteiger partial charge in [-0.3, -0.25) is 4.79 Å². The first-order chi connectivity index (χ1) is 12.1. The molecular weight excluding hydrogens is 328 g/mol. The standard InChI is InChI=1S/C18H13F2N3O2/c19-14-2-1-3-15(20)16(14)12-8-13(12)17(24)22-11-6-4-10(5-7-11)18-23-21-9-25-18/h1-7,9,12-13H,8H2,(H,22,24)/t12-,13+/m0/s1. The van der Waals surface area contributed by atoms with E-state index >= 15 is 0 Å². The van der Waals surface area contributed by atoms with E-state index in [1.165, 1.54) is 24.6 Å². The van der Waals surface area contributed by atoms with Gasteiger partial charge < -0.3 is 9.73 Å². The molecule has 4 rings (SSSR count). The van der Waals surface area contributed by atoms with Crippen LogP contribution >= 0.6 is 0 Å². The highest BCUT2D eigenvalue weighted by atomic mass is 19.1. The highest BCUT2D eigenvalue weighted by Gasteiger charge is 2.46. The normalized spacial score (nSPS) is 18.8. The molecule has 1 amide bonds. The number of anilines is 1. The van der Waals surface area contributed by atoms with Crippen molar-refractivity contribution in [1.82, 2.24) is 10.2 Å². The molecular formula is C18H13F2N3O2. The number of halogens is 2. The Kier molecular flexibility index (Phi) is 3.76. The number of carbonyl (C=O) groups excluding carboxylic acids is 1. The second-order valence-corrected chi connectivity index (χ2v) is 5.89. The maximum absolute atomic E-state index is 13.8. The molecule has 0 saturated heterocycles. The fourth-order valence-electron chi connectivity index (χ4n) is 2.90. The van der Waals surface area contributed by atoms with Gasteiger partial charge in [0.15, 0.2) is 0 Å². The average molecular weight is 341 g/mol. The maximum atomic E-state index is 13.8. The van der Waals surface area contributed by atoms with Crippen molar-refractivity contribution in [3.8, 4) is 11.5 Å². The number of nitrogens with one attached hydrogen (secondary N) is 1. The number of aromatic nitrogens is 2. The number of hydrogen-bond donors (Lipinski definition) is 1. The lowest BCUT2D eigenvalue weighted by Crippen LogP contribution is -2.14. The van der Waals surface area contributed by atoms with Crippen molar-refractivity contribution < 1.29 is 18.0 Å². The highest BCUT2D eigenvalue weighted by molar-refractivity contribution is 5.95. The van der Waals surface area contributed by atoms with E-state index in [0.717, 1.165) is 5.56 Å². The molecule has 5 nitrogen and oxygen atoms in total. The van der Waals surface area contributed by atoms with Gasteiger partial charge in [-0.25, -0.2) is 8.78 Å². The lowest BCUT2D eigenvalue weighted by atomic mass is 10.1. The van der Waals surface area contributed by atoms with E-state index in [4.69, 9.17) is 4.42 Å². The van der Waals surface area contributed by atoms with Crippen LogP contribution in [-0.2, 0) is 4.79 Å². The van der Waals surface area contributed by atoms with E-state index in [9.17, 15) is 13.6 Å². The molecule has 1 saturated carbocycles. The summed E-state index contributed by atoms with van der Waals surface area (Å²) in [7, 11) is 0. The second kappa shape index (κ2) is 6.08. The van der Waals surface area contributed by atoms with Gasteiger partial charge in [0.2, 0.25) is 18.2 Å². The van der Waals surface area contributed by atoms with Crippen LogP contribution in [-0.4, -0.2) is 16.1 Å². The molecule has 0 spiro atoms. The summed E-state index contributed by atoms with van der Waals surface area (Å²) < 4.78 is 32.7. The predicted molar refractivity (Wildman–Crippen MR) is 85.6 cm³/mol. The van der Waals surface area contributed by atoms with Crippen molar-refractivity contribution in [3.63, 3.8) is 0 Å². The predicted octanol–water partition coefficient (Wildman–Crippen LogP) is 3.76. The minimum atomic E-state index is -0.607. The molecule has 1 aliphatic rings. The molecule has 1 fully saturated rings. The number of amides is 1. The molecule has 0 bridgehead atoms.